The lowest BCUT2D eigenvalue weighted by Gasteiger charge is -2.14. The van der Waals surface area contributed by atoms with Crippen molar-refractivity contribution in [1.82, 2.24) is 5.32 Å². The summed E-state index contributed by atoms with van der Waals surface area (Å²) in [7, 11) is 0. The van der Waals surface area contributed by atoms with Crippen LogP contribution in [0, 0.1) is 5.41 Å². The van der Waals surface area contributed by atoms with Gasteiger partial charge < -0.3 is 5.32 Å². The fourth-order valence-corrected chi connectivity index (χ4v) is 1.51. The first-order valence-corrected chi connectivity index (χ1v) is 6.24. The third-order valence-electron chi connectivity index (χ3n) is 2.39. The number of rotatable bonds is 4. The maximum atomic E-state index is 11.7. The van der Waals surface area contributed by atoms with Crippen LogP contribution >= 0.6 is 0 Å². The average molecular weight is 246 g/mol. The average Bonchev–Trinajstić information content (AvgIpc) is 2.28. The fraction of sp³-hybridized carbons (Fsp3) is 0.467. The van der Waals surface area contributed by atoms with Crippen LogP contribution in [0.2, 0.25) is 0 Å². The molecule has 3 nitrogen and oxygen atoms in total. The van der Waals surface area contributed by atoms with Crippen LogP contribution in [0.5, 0.6) is 0 Å². The Kier molecular flexibility index (Phi) is 5.08. The molecule has 1 atom stereocenters. The zero-order valence-electron chi connectivity index (χ0n) is 11.6. The molecule has 98 valence electrons. The molecule has 18 heavy (non-hydrogen) atoms. The summed E-state index contributed by atoms with van der Waals surface area (Å²) in [5, 5.41) is 2.93. The molecule has 0 heterocycles. The highest BCUT2D eigenvalue weighted by Gasteiger charge is 2.09. The molecular formula is C15H22N2O. The molecule has 0 spiro atoms. The third kappa shape index (κ3) is 5.62. The number of hydrogen-bond donors (Lipinski definition) is 1. The van der Waals surface area contributed by atoms with E-state index in [1.54, 1.807) is 0 Å². The number of nitrogens with zero attached hydrogens (tertiary/aromatic N) is 1. The quantitative estimate of drug-likeness (QED) is 0.815. The lowest BCUT2D eigenvalue weighted by atomic mass is 9.99. The van der Waals surface area contributed by atoms with Crippen LogP contribution in [0.4, 0.5) is 0 Å². The first kappa shape index (κ1) is 14.4. The van der Waals surface area contributed by atoms with Gasteiger partial charge in [0, 0.05) is 6.21 Å². The van der Waals surface area contributed by atoms with Crippen LogP contribution in [0.15, 0.2) is 35.3 Å². The lowest BCUT2D eigenvalue weighted by Crippen LogP contribution is -2.28. The lowest BCUT2D eigenvalue weighted by molar-refractivity contribution is -0.120. The summed E-state index contributed by atoms with van der Waals surface area (Å²) >= 11 is 0. The monoisotopic (exact) mass is 246 g/mol. The molecule has 1 aromatic rings. The highest BCUT2D eigenvalue weighted by Crippen LogP contribution is 2.11. The number of nitrogens with one attached hydrogen (secondary N) is 1. The minimum absolute atomic E-state index is 0.0172. The van der Waals surface area contributed by atoms with E-state index in [0.29, 0.717) is 0 Å². The Hall–Kier alpha value is -1.64. The second-order valence-electron chi connectivity index (χ2n) is 5.54. The van der Waals surface area contributed by atoms with E-state index in [1.165, 1.54) is 0 Å². The predicted molar refractivity (Wildman–Crippen MR) is 75.8 cm³/mol. The SMILES string of the molecule is C[C@@H](NC(=O)CN=CC(C)(C)C)c1ccccc1. The topological polar surface area (TPSA) is 41.5 Å². The summed E-state index contributed by atoms with van der Waals surface area (Å²) in [6.45, 7) is 8.33. The van der Waals surface area contributed by atoms with E-state index in [4.69, 9.17) is 0 Å². The van der Waals surface area contributed by atoms with E-state index in [2.05, 4.69) is 31.1 Å². The van der Waals surface area contributed by atoms with Gasteiger partial charge in [0.25, 0.3) is 0 Å². The van der Waals surface area contributed by atoms with Crippen LogP contribution in [0.25, 0.3) is 0 Å². The second kappa shape index (κ2) is 6.34. The Morgan fingerprint density at radius 1 is 1.33 bits per heavy atom. The molecule has 0 radical (unpaired) electrons. The van der Waals surface area contributed by atoms with Gasteiger partial charge in [0.15, 0.2) is 0 Å². The van der Waals surface area contributed by atoms with Gasteiger partial charge in [-0.3, -0.25) is 9.79 Å². The number of carbonyl (C=O) groups is 1. The van der Waals surface area contributed by atoms with Gasteiger partial charge in [-0.05, 0) is 17.9 Å². The van der Waals surface area contributed by atoms with Crippen LogP contribution in [0.3, 0.4) is 0 Å². The van der Waals surface area contributed by atoms with Gasteiger partial charge in [-0.15, -0.1) is 0 Å². The van der Waals surface area contributed by atoms with Gasteiger partial charge in [0.1, 0.15) is 6.54 Å². The summed E-state index contributed by atoms with van der Waals surface area (Å²) in [5.74, 6) is -0.0492. The molecule has 0 fully saturated rings. The molecule has 0 aromatic heterocycles. The number of amides is 1. The molecule has 1 rings (SSSR count). The van der Waals surface area contributed by atoms with Crippen molar-refractivity contribution in [3.05, 3.63) is 35.9 Å². The van der Waals surface area contributed by atoms with Crippen LogP contribution in [0.1, 0.15) is 39.3 Å². The van der Waals surface area contributed by atoms with Gasteiger partial charge in [-0.1, -0.05) is 51.1 Å². The number of aliphatic imine (C=N–C) groups is 1. The van der Waals surface area contributed by atoms with Crippen molar-refractivity contribution < 1.29 is 4.79 Å². The van der Waals surface area contributed by atoms with Crippen molar-refractivity contribution >= 4 is 12.1 Å². The first-order chi connectivity index (χ1) is 8.38. The summed E-state index contributed by atoms with van der Waals surface area (Å²) < 4.78 is 0. The molecule has 0 bridgehead atoms. The van der Waals surface area contributed by atoms with Gasteiger partial charge in [0.05, 0.1) is 6.04 Å². The normalized spacial score (nSPS) is 13.6. The smallest absolute Gasteiger partial charge is 0.242 e. The van der Waals surface area contributed by atoms with E-state index in [-0.39, 0.29) is 23.9 Å². The van der Waals surface area contributed by atoms with Crippen molar-refractivity contribution in [2.75, 3.05) is 6.54 Å². The summed E-state index contributed by atoms with van der Waals surface area (Å²) in [6.07, 6.45) is 1.82. The summed E-state index contributed by atoms with van der Waals surface area (Å²) in [5.41, 5.74) is 1.12. The largest absolute Gasteiger partial charge is 0.348 e. The number of hydrogen-bond acceptors (Lipinski definition) is 2. The maximum Gasteiger partial charge on any atom is 0.242 e. The van der Waals surface area contributed by atoms with Crippen molar-refractivity contribution in [2.24, 2.45) is 10.4 Å². The molecule has 0 saturated carbocycles. The predicted octanol–water partition coefficient (Wildman–Crippen LogP) is 2.98. The summed E-state index contributed by atoms with van der Waals surface area (Å²) in [6, 6.07) is 9.92. The van der Waals surface area contributed by atoms with Crippen LogP contribution in [-0.4, -0.2) is 18.7 Å². The summed E-state index contributed by atoms with van der Waals surface area (Å²) in [4.78, 5) is 15.8. The van der Waals surface area contributed by atoms with Gasteiger partial charge >= 0.3 is 0 Å². The van der Waals surface area contributed by atoms with Crippen molar-refractivity contribution in [2.45, 2.75) is 33.7 Å². The van der Waals surface area contributed by atoms with E-state index in [9.17, 15) is 4.79 Å². The molecule has 3 heteroatoms. The molecule has 1 aromatic carbocycles. The van der Waals surface area contributed by atoms with Gasteiger partial charge in [-0.25, -0.2) is 0 Å². The van der Waals surface area contributed by atoms with Crippen molar-refractivity contribution in [1.29, 1.82) is 0 Å². The maximum absolute atomic E-state index is 11.7. The molecule has 1 N–H and O–H groups in total. The van der Waals surface area contributed by atoms with Crippen molar-refractivity contribution in [3.8, 4) is 0 Å². The Morgan fingerprint density at radius 2 is 1.94 bits per heavy atom. The third-order valence-corrected chi connectivity index (χ3v) is 2.39. The van der Waals surface area contributed by atoms with Crippen LogP contribution < -0.4 is 5.32 Å². The standard InChI is InChI=1S/C15H22N2O/c1-12(13-8-6-5-7-9-13)17-14(18)10-16-11-15(2,3)4/h5-9,11-12H,10H2,1-4H3,(H,17,18)/t12-/m1/s1. The van der Waals surface area contributed by atoms with Crippen LogP contribution in [-0.2, 0) is 4.79 Å². The molecular weight excluding hydrogens is 224 g/mol. The highest BCUT2D eigenvalue weighted by molar-refractivity contribution is 5.80. The molecule has 0 aliphatic heterocycles. The Labute approximate surface area is 109 Å². The van der Waals surface area contributed by atoms with E-state index in [0.717, 1.165) is 5.56 Å². The molecule has 0 aliphatic rings. The van der Waals surface area contributed by atoms with Crippen molar-refractivity contribution in [3.63, 3.8) is 0 Å². The molecule has 0 unspecified atom stereocenters. The Morgan fingerprint density at radius 3 is 2.50 bits per heavy atom. The minimum atomic E-state index is -0.0492. The van der Waals surface area contributed by atoms with Gasteiger partial charge in [-0.2, -0.15) is 0 Å². The number of benzene rings is 1. The second-order valence-corrected chi connectivity index (χ2v) is 5.54. The van der Waals surface area contributed by atoms with E-state index in [1.807, 2.05) is 43.5 Å². The Balaban J connectivity index is 2.44. The zero-order valence-corrected chi connectivity index (χ0v) is 11.6. The molecule has 0 saturated heterocycles. The zero-order chi connectivity index (χ0) is 13.6. The van der Waals surface area contributed by atoms with E-state index < -0.39 is 0 Å². The highest BCUT2D eigenvalue weighted by atomic mass is 16.1. The van der Waals surface area contributed by atoms with E-state index >= 15 is 0 Å². The Bertz CT molecular complexity index is 404. The fourth-order valence-electron chi connectivity index (χ4n) is 1.51. The first-order valence-electron chi connectivity index (χ1n) is 6.24. The van der Waals surface area contributed by atoms with Gasteiger partial charge in [0.2, 0.25) is 5.91 Å². The minimum Gasteiger partial charge on any atom is -0.348 e. The molecule has 1 amide bonds. The number of carbonyl (C=O) groups excluding carboxylic acids is 1. The molecule has 0 aliphatic carbocycles.